The fourth-order valence-corrected chi connectivity index (χ4v) is 8.11. The third kappa shape index (κ3) is 26.5. The molecule has 0 aromatic heterocycles. The molecule has 7 N–H and O–H groups in total. The van der Waals surface area contributed by atoms with Crippen molar-refractivity contribution in [3.8, 4) is 0 Å². The molecule has 2 rings (SSSR count). The van der Waals surface area contributed by atoms with Crippen LogP contribution in [0.1, 0.15) is 180 Å². The predicted octanol–water partition coefficient (Wildman–Crippen LogP) is 6.93. The Hall–Kier alpha value is -2.28. The summed E-state index contributed by atoms with van der Waals surface area (Å²) in [7, 11) is 0. The molecule has 2 aliphatic rings. The first kappa shape index (κ1) is 59.8. The zero-order chi connectivity index (χ0) is 48.2. The summed E-state index contributed by atoms with van der Waals surface area (Å²) in [4.78, 5) is 25.6. The van der Waals surface area contributed by atoms with Crippen LogP contribution >= 0.6 is 0 Å². The monoisotopic (exact) mass is 943 g/mol. The van der Waals surface area contributed by atoms with E-state index in [9.17, 15) is 45.3 Å². The maximum atomic E-state index is 13.0. The highest BCUT2D eigenvalue weighted by Crippen LogP contribution is 2.26. The summed E-state index contributed by atoms with van der Waals surface area (Å²) in [5.41, 5.74) is 0. The molecular weight excluding hydrogens is 853 g/mol. The van der Waals surface area contributed by atoms with Crippen molar-refractivity contribution < 1.29 is 73.8 Å². The van der Waals surface area contributed by atoms with Crippen LogP contribution in [0.3, 0.4) is 0 Å². The topological polar surface area (TPSA) is 231 Å². The summed E-state index contributed by atoms with van der Waals surface area (Å²) < 4.78 is 33.4. The van der Waals surface area contributed by atoms with E-state index < -0.39 is 99.3 Å². The van der Waals surface area contributed by atoms with Crippen molar-refractivity contribution in [1.29, 1.82) is 0 Å². The molecule has 0 aromatic rings. The molecule has 15 heteroatoms. The van der Waals surface area contributed by atoms with Gasteiger partial charge in [0.1, 0.15) is 55.4 Å². The quantitative estimate of drug-likeness (QED) is 0.0109. The Morgan fingerprint density at radius 1 is 0.561 bits per heavy atom. The summed E-state index contributed by atoms with van der Waals surface area (Å²) in [6, 6.07) is 0. The minimum Gasteiger partial charge on any atom is -0.458 e. The van der Waals surface area contributed by atoms with Crippen LogP contribution in [0.15, 0.2) is 37.0 Å². The van der Waals surface area contributed by atoms with Crippen molar-refractivity contribution >= 4 is 11.9 Å². The summed E-state index contributed by atoms with van der Waals surface area (Å²) in [6.07, 6.45) is 22.7. The summed E-state index contributed by atoms with van der Waals surface area (Å²) in [5, 5.41) is 72.0. The number of unbranched alkanes of at least 4 members (excludes halogenated alkanes) is 24. The Balaban J connectivity index is 1.84. The van der Waals surface area contributed by atoms with Gasteiger partial charge in [-0.2, -0.15) is 0 Å². The van der Waals surface area contributed by atoms with Gasteiger partial charge in [-0.25, -0.2) is 4.79 Å². The lowest BCUT2D eigenvalue weighted by Crippen LogP contribution is -2.61. The molecule has 0 radical (unpaired) electrons. The van der Waals surface area contributed by atoms with Crippen molar-refractivity contribution in [1.82, 2.24) is 0 Å². The van der Waals surface area contributed by atoms with Gasteiger partial charge in [0.05, 0.1) is 19.8 Å². The number of rotatable bonds is 40. The number of carbonyl (C=O) groups excluding carboxylic acids is 2. The van der Waals surface area contributed by atoms with Gasteiger partial charge >= 0.3 is 11.9 Å². The van der Waals surface area contributed by atoms with E-state index in [0.29, 0.717) is 6.42 Å². The minimum atomic E-state index is -1.78. The normalized spacial score (nSPS) is 26.2. The Kier molecular flexibility index (Phi) is 35.0. The molecule has 66 heavy (non-hydrogen) atoms. The molecule has 0 bridgehead atoms. The highest BCUT2D eigenvalue weighted by atomic mass is 16.7. The Bertz CT molecular complexity index is 1280. The molecule has 15 nitrogen and oxygen atoms in total. The van der Waals surface area contributed by atoms with E-state index in [0.717, 1.165) is 38.5 Å². The van der Waals surface area contributed by atoms with E-state index in [1.165, 1.54) is 128 Å². The van der Waals surface area contributed by atoms with E-state index in [2.05, 4.69) is 13.5 Å². The standard InChI is InChI=1S/C51H90O15/c1-3-5-7-9-11-13-15-17-19-21-23-25-27-29-31-33-42(53)61-36-39(64-43(54)34-32-30-28-26-24-22-20-18-16-14-12-10-8-6-4-2)37-62-50-49(60)47(58)45(56)41(66-50)38-63-51-48(59)46(57)44(55)40(35-52)65-51/h4,27,29,31,33,39-41,44-52,55-60H,2-3,5-26,28,30,32,34-38H2,1H3/b29-27+,33-31+/t39-,40-,41-,44+,45+,46?,47?,48?,49?,50-,51-/m1/s1. The molecule has 384 valence electrons. The maximum Gasteiger partial charge on any atom is 0.330 e. The third-order valence-corrected chi connectivity index (χ3v) is 12.3. The van der Waals surface area contributed by atoms with Gasteiger partial charge in [0.15, 0.2) is 18.7 Å². The average Bonchev–Trinajstić information content (AvgIpc) is 3.31. The molecule has 0 amide bonds. The fraction of sp³-hybridized carbons (Fsp3) is 0.843. The molecule has 0 aliphatic carbocycles. The van der Waals surface area contributed by atoms with E-state index >= 15 is 0 Å². The minimum absolute atomic E-state index is 0.145. The molecule has 0 saturated carbocycles. The second-order valence-electron chi connectivity index (χ2n) is 18.2. The molecule has 2 aliphatic heterocycles. The molecule has 4 unspecified atom stereocenters. The number of carbonyl (C=O) groups is 2. The summed E-state index contributed by atoms with van der Waals surface area (Å²) in [6.45, 7) is 4.01. The van der Waals surface area contributed by atoms with Crippen LogP contribution in [0.4, 0.5) is 0 Å². The first-order valence-electron chi connectivity index (χ1n) is 25.6. The lowest BCUT2D eigenvalue weighted by molar-refractivity contribution is -0.332. The molecule has 2 heterocycles. The SMILES string of the molecule is C=CCCCCCCCCCCCCCCCC(=O)O[C@H](COC(=O)/C=C/C=C/CCCCCCCCCCCCC)CO[C@@H]1O[C@H](CO[C@@H]2O[C@H](CO)[C@H](O)C(O)C2O)[C@H](O)C(O)C1O. The van der Waals surface area contributed by atoms with Crippen molar-refractivity contribution in [2.75, 3.05) is 26.4 Å². The van der Waals surface area contributed by atoms with Crippen LogP contribution in [0.2, 0.25) is 0 Å². The van der Waals surface area contributed by atoms with Crippen LogP contribution in [-0.2, 0) is 38.0 Å². The number of ether oxygens (including phenoxy) is 6. The number of esters is 2. The Morgan fingerprint density at radius 2 is 1.03 bits per heavy atom. The Labute approximate surface area is 395 Å². The number of aliphatic hydroxyl groups is 7. The van der Waals surface area contributed by atoms with Crippen LogP contribution in [0, 0.1) is 0 Å². The van der Waals surface area contributed by atoms with Gasteiger partial charge in [-0.05, 0) is 32.1 Å². The van der Waals surface area contributed by atoms with Gasteiger partial charge in [-0.3, -0.25) is 4.79 Å². The second-order valence-corrected chi connectivity index (χ2v) is 18.2. The van der Waals surface area contributed by atoms with Crippen molar-refractivity contribution in [3.05, 3.63) is 37.0 Å². The van der Waals surface area contributed by atoms with Gasteiger partial charge in [0.25, 0.3) is 0 Å². The van der Waals surface area contributed by atoms with Crippen molar-refractivity contribution in [2.24, 2.45) is 0 Å². The summed E-state index contributed by atoms with van der Waals surface area (Å²) >= 11 is 0. The third-order valence-electron chi connectivity index (χ3n) is 12.3. The first-order chi connectivity index (χ1) is 32.0. The van der Waals surface area contributed by atoms with E-state index in [-0.39, 0.29) is 13.0 Å². The highest BCUT2D eigenvalue weighted by Gasteiger charge is 2.47. The predicted molar refractivity (Wildman–Crippen MR) is 252 cm³/mol. The average molecular weight is 943 g/mol. The van der Waals surface area contributed by atoms with Crippen LogP contribution in [0.5, 0.6) is 0 Å². The first-order valence-corrected chi connectivity index (χ1v) is 25.6. The zero-order valence-corrected chi connectivity index (χ0v) is 40.3. The van der Waals surface area contributed by atoms with Gasteiger partial charge in [0.2, 0.25) is 0 Å². The van der Waals surface area contributed by atoms with Gasteiger partial charge in [-0.1, -0.05) is 166 Å². The number of hydrogen-bond donors (Lipinski definition) is 7. The summed E-state index contributed by atoms with van der Waals surface area (Å²) in [5.74, 6) is -1.18. The second kappa shape index (κ2) is 38.6. The molecular formula is C51H90O15. The van der Waals surface area contributed by atoms with Crippen LogP contribution in [-0.4, -0.2) is 142 Å². The fourth-order valence-electron chi connectivity index (χ4n) is 8.11. The smallest absolute Gasteiger partial charge is 0.330 e. The Morgan fingerprint density at radius 3 is 1.56 bits per heavy atom. The molecule has 2 saturated heterocycles. The van der Waals surface area contributed by atoms with Crippen LogP contribution in [0.25, 0.3) is 0 Å². The van der Waals surface area contributed by atoms with E-state index in [1.54, 1.807) is 12.2 Å². The molecule has 0 spiro atoms. The number of hydrogen-bond acceptors (Lipinski definition) is 15. The van der Waals surface area contributed by atoms with E-state index in [1.807, 2.05) is 12.2 Å². The highest BCUT2D eigenvalue weighted by molar-refractivity contribution is 5.82. The van der Waals surface area contributed by atoms with Gasteiger partial charge in [-0.15, -0.1) is 6.58 Å². The van der Waals surface area contributed by atoms with Crippen molar-refractivity contribution in [2.45, 2.75) is 248 Å². The van der Waals surface area contributed by atoms with E-state index in [4.69, 9.17) is 28.4 Å². The lowest BCUT2D eigenvalue weighted by Gasteiger charge is -2.42. The van der Waals surface area contributed by atoms with Gasteiger partial charge < -0.3 is 64.2 Å². The molecule has 2 fully saturated rings. The van der Waals surface area contributed by atoms with Gasteiger partial charge in [0, 0.05) is 12.5 Å². The number of allylic oxidation sites excluding steroid dienone is 4. The number of aliphatic hydroxyl groups excluding tert-OH is 7. The van der Waals surface area contributed by atoms with Crippen molar-refractivity contribution in [3.63, 3.8) is 0 Å². The lowest BCUT2D eigenvalue weighted by atomic mass is 9.98. The zero-order valence-electron chi connectivity index (χ0n) is 40.3. The molecule has 11 atom stereocenters. The largest absolute Gasteiger partial charge is 0.458 e. The maximum absolute atomic E-state index is 13.0. The van der Waals surface area contributed by atoms with Crippen LogP contribution < -0.4 is 0 Å². The molecule has 0 aromatic carbocycles.